The number of carbonyl (C=O) groups is 2. The van der Waals surface area contributed by atoms with Crippen LogP contribution in [0.2, 0.25) is 0 Å². The van der Waals surface area contributed by atoms with Gasteiger partial charge in [-0.05, 0) is 44.5 Å². The van der Waals surface area contributed by atoms with Crippen LogP contribution in [0.3, 0.4) is 0 Å². The van der Waals surface area contributed by atoms with Gasteiger partial charge in [-0.3, -0.25) is 9.59 Å². The molecule has 2 amide bonds. The number of benzene rings is 1. The monoisotopic (exact) mass is 292 g/mol. The lowest BCUT2D eigenvalue weighted by molar-refractivity contribution is -0.123. The number of anilines is 1. The first-order valence-electron chi connectivity index (χ1n) is 7.28. The number of hydrogen-bond donors (Lipinski definition) is 1. The number of carbonyl (C=O) groups excluding carboxylic acids is 2. The van der Waals surface area contributed by atoms with E-state index in [1.54, 1.807) is 24.3 Å². The minimum absolute atomic E-state index is 0.0215. The smallest absolute Gasteiger partial charge is 0.240 e. The molecule has 1 aromatic carbocycles. The Morgan fingerprint density at radius 3 is 2.33 bits per heavy atom. The number of rotatable bonds is 7. The van der Waals surface area contributed by atoms with Gasteiger partial charge in [0.2, 0.25) is 11.8 Å². The first-order chi connectivity index (χ1) is 9.97. The number of nitrogens with zero attached hydrogens (tertiary/aromatic N) is 1. The molecule has 21 heavy (non-hydrogen) atoms. The zero-order chi connectivity index (χ0) is 15.8. The van der Waals surface area contributed by atoms with Gasteiger partial charge in [0, 0.05) is 18.7 Å². The molecule has 1 unspecified atom stereocenters. The van der Waals surface area contributed by atoms with Gasteiger partial charge in [0.25, 0.3) is 0 Å². The van der Waals surface area contributed by atoms with E-state index in [-0.39, 0.29) is 24.4 Å². The first-order valence-corrected chi connectivity index (χ1v) is 7.28. The highest BCUT2D eigenvalue weighted by atomic mass is 16.5. The molecule has 116 valence electrons. The van der Waals surface area contributed by atoms with E-state index < -0.39 is 0 Å². The van der Waals surface area contributed by atoms with E-state index in [4.69, 9.17) is 4.74 Å². The van der Waals surface area contributed by atoms with Crippen molar-refractivity contribution in [1.82, 2.24) is 5.32 Å². The van der Waals surface area contributed by atoms with Gasteiger partial charge in [-0.1, -0.05) is 6.92 Å². The summed E-state index contributed by atoms with van der Waals surface area (Å²) in [5.41, 5.74) is 0.685. The van der Waals surface area contributed by atoms with Gasteiger partial charge in [-0.25, -0.2) is 0 Å². The van der Waals surface area contributed by atoms with E-state index in [0.717, 1.165) is 12.2 Å². The molecule has 1 atom stereocenters. The van der Waals surface area contributed by atoms with Crippen molar-refractivity contribution in [2.75, 3.05) is 18.1 Å². The number of hydrogen-bond acceptors (Lipinski definition) is 3. The van der Waals surface area contributed by atoms with Crippen LogP contribution in [-0.4, -0.2) is 31.0 Å². The van der Waals surface area contributed by atoms with E-state index in [9.17, 15) is 9.59 Å². The summed E-state index contributed by atoms with van der Waals surface area (Å²) in [6.45, 7) is 7.91. The Bertz CT molecular complexity index is 471. The largest absolute Gasteiger partial charge is 0.494 e. The van der Waals surface area contributed by atoms with Crippen molar-refractivity contribution in [1.29, 1.82) is 0 Å². The summed E-state index contributed by atoms with van der Waals surface area (Å²) in [5.74, 6) is 0.417. The van der Waals surface area contributed by atoms with Crippen LogP contribution < -0.4 is 15.0 Å². The Kier molecular flexibility index (Phi) is 6.72. The van der Waals surface area contributed by atoms with E-state index in [2.05, 4.69) is 5.32 Å². The zero-order valence-corrected chi connectivity index (χ0v) is 13.2. The summed E-state index contributed by atoms with van der Waals surface area (Å²) in [7, 11) is 0. The second-order valence-corrected chi connectivity index (χ2v) is 4.91. The fraction of sp³-hybridized carbons (Fsp3) is 0.500. The van der Waals surface area contributed by atoms with Crippen molar-refractivity contribution in [2.45, 2.75) is 40.2 Å². The van der Waals surface area contributed by atoms with Crippen LogP contribution >= 0.6 is 0 Å². The summed E-state index contributed by atoms with van der Waals surface area (Å²) in [4.78, 5) is 25.2. The zero-order valence-electron chi connectivity index (χ0n) is 13.2. The Morgan fingerprint density at radius 2 is 1.86 bits per heavy atom. The van der Waals surface area contributed by atoms with E-state index in [0.29, 0.717) is 12.3 Å². The number of ether oxygens (including phenoxy) is 1. The first kappa shape index (κ1) is 17.0. The van der Waals surface area contributed by atoms with Crippen LogP contribution in [0, 0.1) is 0 Å². The van der Waals surface area contributed by atoms with Gasteiger partial charge in [0.1, 0.15) is 12.3 Å². The lowest BCUT2D eigenvalue weighted by atomic mass is 10.2. The normalized spacial score (nSPS) is 11.6. The quantitative estimate of drug-likeness (QED) is 0.839. The molecule has 0 bridgehead atoms. The Labute approximate surface area is 126 Å². The fourth-order valence-corrected chi connectivity index (χ4v) is 1.84. The van der Waals surface area contributed by atoms with Crippen molar-refractivity contribution in [2.24, 2.45) is 0 Å². The fourth-order valence-electron chi connectivity index (χ4n) is 1.84. The minimum atomic E-state index is -0.168. The molecule has 5 nitrogen and oxygen atoms in total. The van der Waals surface area contributed by atoms with Crippen LogP contribution in [-0.2, 0) is 9.59 Å². The lowest BCUT2D eigenvalue weighted by Gasteiger charge is -2.22. The molecule has 0 aliphatic carbocycles. The molecule has 1 N–H and O–H groups in total. The second-order valence-electron chi connectivity index (χ2n) is 4.91. The van der Waals surface area contributed by atoms with E-state index in [1.807, 2.05) is 20.8 Å². The van der Waals surface area contributed by atoms with Gasteiger partial charge in [0.15, 0.2) is 0 Å². The van der Waals surface area contributed by atoms with Crippen LogP contribution in [0.4, 0.5) is 5.69 Å². The molecule has 0 saturated heterocycles. The summed E-state index contributed by atoms with van der Waals surface area (Å²) >= 11 is 0. The molecular weight excluding hydrogens is 268 g/mol. The minimum Gasteiger partial charge on any atom is -0.494 e. The Balaban J connectivity index is 2.77. The lowest BCUT2D eigenvalue weighted by Crippen LogP contribution is -2.42. The third kappa shape index (κ3) is 5.45. The van der Waals surface area contributed by atoms with Gasteiger partial charge in [-0.2, -0.15) is 0 Å². The predicted octanol–water partition coefficient (Wildman–Crippen LogP) is 2.35. The summed E-state index contributed by atoms with van der Waals surface area (Å²) < 4.78 is 5.37. The van der Waals surface area contributed by atoms with Crippen molar-refractivity contribution in [3.05, 3.63) is 24.3 Å². The highest BCUT2D eigenvalue weighted by Gasteiger charge is 2.16. The Morgan fingerprint density at radius 1 is 1.24 bits per heavy atom. The summed E-state index contributed by atoms with van der Waals surface area (Å²) in [6.07, 6.45) is 0.856. The van der Waals surface area contributed by atoms with Crippen LogP contribution in [0.5, 0.6) is 5.75 Å². The van der Waals surface area contributed by atoms with Gasteiger partial charge < -0.3 is 15.0 Å². The molecule has 0 aliphatic rings. The molecule has 0 saturated carbocycles. The number of amides is 2. The molecule has 0 aromatic heterocycles. The van der Waals surface area contributed by atoms with Crippen LogP contribution in [0.1, 0.15) is 34.1 Å². The molecule has 0 heterocycles. The highest BCUT2D eigenvalue weighted by Crippen LogP contribution is 2.19. The van der Waals surface area contributed by atoms with Crippen molar-refractivity contribution < 1.29 is 14.3 Å². The maximum Gasteiger partial charge on any atom is 0.240 e. The SMILES string of the molecule is CCOc1ccc(N(CC(=O)NC(C)CC)C(C)=O)cc1. The molecule has 0 fully saturated rings. The van der Waals surface area contributed by atoms with Gasteiger partial charge in [0.05, 0.1) is 6.61 Å². The maximum absolute atomic E-state index is 11.9. The second kappa shape index (κ2) is 8.29. The molecule has 1 aromatic rings. The standard InChI is InChI=1S/C16H24N2O3/c1-5-12(3)17-16(20)11-18(13(4)19)14-7-9-15(10-8-14)21-6-2/h7-10,12H,5-6,11H2,1-4H3,(H,17,20). The van der Waals surface area contributed by atoms with Crippen molar-refractivity contribution in [3.63, 3.8) is 0 Å². The summed E-state index contributed by atoms with van der Waals surface area (Å²) in [6, 6.07) is 7.25. The van der Waals surface area contributed by atoms with Crippen LogP contribution in [0.25, 0.3) is 0 Å². The highest BCUT2D eigenvalue weighted by molar-refractivity contribution is 5.97. The molecule has 5 heteroatoms. The van der Waals surface area contributed by atoms with Crippen molar-refractivity contribution >= 4 is 17.5 Å². The van der Waals surface area contributed by atoms with Crippen molar-refractivity contribution in [3.8, 4) is 5.75 Å². The predicted molar refractivity (Wildman–Crippen MR) is 83.5 cm³/mol. The topological polar surface area (TPSA) is 58.6 Å². The Hall–Kier alpha value is -2.04. The van der Waals surface area contributed by atoms with Gasteiger partial charge in [-0.15, -0.1) is 0 Å². The average Bonchev–Trinajstić information content (AvgIpc) is 2.45. The number of nitrogens with one attached hydrogen (secondary N) is 1. The molecule has 1 rings (SSSR count). The molecule has 0 spiro atoms. The average molecular weight is 292 g/mol. The molecule has 0 aliphatic heterocycles. The van der Waals surface area contributed by atoms with Gasteiger partial charge >= 0.3 is 0 Å². The van der Waals surface area contributed by atoms with Crippen LogP contribution in [0.15, 0.2) is 24.3 Å². The molecular formula is C16H24N2O3. The maximum atomic E-state index is 11.9. The third-order valence-electron chi connectivity index (χ3n) is 3.16. The third-order valence-corrected chi connectivity index (χ3v) is 3.16. The summed E-state index contributed by atoms with van der Waals surface area (Å²) in [5, 5.41) is 2.86. The van der Waals surface area contributed by atoms with E-state index in [1.165, 1.54) is 11.8 Å². The molecule has 0 radical (unpaired) electrons. The van der Waals surface area contributed by atoms with E-state index >= 15 is 0 Å².